The molecule has 96 valence electrons. The normalized spacial score (nSPS) is 14.5. The molecule has 0 heterocycles. The average molecular weight is 253 g/mol. The molecule has 0 radical (unpaired) electrons. The molecule has 0 saturated heterocycles. The van der Waals surface area contributed by atoms with E-state index in [0.717, 1.165) is 19.5 Å². The number of benzene rings is 1. The van der Waals surface area contributed by atoms with Crippen molar-refractivity contribution in [2.75, 3.05) is 19.3 Å². The van der Waals surface area contributed by atoms with Crippen molar-refractivity contribution in [2.45, 2.75) is 31.4 Å². The predicted molar refractivity (Wildman–Crippen MR) is 75.8 cm³/mol. The van der Waals surface area contributed by atoms with Crippen molar-refractivity contribution >= 4 is 10.8 Å². The number of unbranched alkanes of at least 4 members (excludes halogenated alkanes) is 1. The molecule has 2 atom stereocenters. The van der Waals surface area contributed by atoms with Gasteiger partial charge in [-0.1, -0.05) is 30.3 Å². The number of hydrogen-bond acceptors (Lipinski definition) is 2. The molecule has 0 aliphatic carbocycles. The second kappa shape index (κ2) is 8.43. The summed E-state index contributed by atoms with van der Waals surface area (Å²) in [6.07, 6.45) is 5.30. The Kier molecular flexibility index (Phi) is 7.13. The third-order valence-electron chi connectivity index (χ3n) is 2.91. The Bertz CT molecular complexity index is 326. The van der Waals surface area contributed by atoms with Crippen LogP contribution in [0.2, 0.25) is 0 Å². The quantitative estimate of drug-likeness (QED) is 0.721. The molecule has 0 aromatic heterocycles. The summed E-state index contributed by atoms with van der Waals surface area (Å²) in [5, 5.41) is 3.61. The molecule has 0 saturated carbocycles. The van der Waals surface area contributed by atoms with Crippen LogP contribution in [0, 0.1) is 0 Å². The van der Waals surface area contributed by atoms with Crippen LogP contribution in [0.1, 0.15) is 25.3 Å². The van der Waals surface area contributed by atoms with Gasteiger partial charge in [0.2, 0.25) is 0 Å². The molecule has 3 heteroatoms. The second-order valence-electron chi connectivity index (χ2n) is 4.46. The zero-order chi connectivity index (χ0) is 12.5. The highest BCUT2D eigenvalue weighted by molar-refractivity contribution is 7.84. The number of aryl methyl sites for hydroxylation is 1. The summed E-state index contributed by atoms with van der Waals surface area (Å²) in [7, 11) is -0.710. The number of nitrogens with one attached hydrogen (secondary N) is 1. The molecular formula is C14H23NOS. The first-order chi connectivity index (χ1) is 8.20. The van der Waals surface area contributed by atoms with Crippen LogP contribution in [0.3, 0.4) is 0 Å². The van der Waals surface area contributed by atoms with Crippen molar-refractivity contribution in [3.05, 3.63) is 35.9 Å². The summed E-state index contributed by atoms with van der Waals surface area (Å²) in [4.78, 5) is 0. The maximum absolute atomic E-state index is 11.1. The molecule has 1 rings (SSSR count). The van der Waals surface area contributed by atoms with Crippen LogP contribution in [0.15, 0.2) is 30.3 Å². The molecule has 0 aliphatic rings. The molecule has 1 N–H and O–H groups in total. The minimum absolute atomic E-state index is 0.254. The van der Waals surface area contributed by atoms with E-state index in [0.29, 0.717) is 0 Å². The number of hydrogen-bond donors (Lipinski definition) is 1. The lowest BCUT2D eigenvalue weighted by Crippen LogP contribution is -2.28. The van der Waals surface area contributed by atoms with Gasteiger partial charge in [0.05, 0.1) is 0 Å². The van der Waals surface area contributed by atoms with Crippen molar-refractivity contribution < 1.29 is 4.21 Å². The zero-order valence-corrected chi connectivity index (χ0v) is 11.6. The predicted octanol–water partition coefficient (Wildman–Crippen LogP) is 2.37. The molecule has 0 fully saturated rings. The zero-order valence-electron chi connectivity index (χ0n) is 10.8. The number of rotatable bonds is 8. The molecule has 2 nitrogen and oxygen atoms in total. The molecule has 1 aromatic carbocycles. The molecular weight excluding hydrogens is 230 g/mol. The van der Waals surface area contributed by atoms with Gasteiger partial charge in [0.15, 0.2) is 0 Å². The molecule has 2 unspecified atom stereocenters. The van der Waals surface area contributed by atoms with E-state index in [2.05, 4.69) is 35.6 Å². The molecule has 0 spiro atoms. The standard InChI is InChI=1S/C14H23NOS/c1-13(17(2)16)12-15-11-7-6-10-14-8-4-3-5-9-14/h3-5,8-9,13,15H,6-7,10-12H2,1-2H3. The van der Waals surface area contributed by atoms with Crippen LogP contribution >= 0.6 is 0 Å². The van der Waals surface area contributed by atoms with Gasteiger partial charge in [0, 0.05) is 28.9 Å². The van der Waals surface area contributed by atoms with E-state index in [-0.39, 0.29) is 5.25 Å². The van der Waals surface area contributed by atoms with Gasteiger partial charge in [-0.05, 0) is 38.3 Å². The maximum Gasteiger partial charge on any atom is 0.0441 e. The van der Waals surface area contributed by atoms with Crippen molar-refractivity contribution in [1.29, 1.82) is 0 Å². The van der Waals surface area contributed by atoms with Gasteiger partial charge in [-0.2, -0.15) is 0 Å². The smallest absolute Gasteiger partial charge is 0.0441 e. The molecule has 1 aromatic rings. The maximum atomic E-state index is 11.1. The van der Waals surface area contributed by atoms with E-state index in [1.807, 2.05) is 6.92 Å². The van der Waals surface area contributed by atoms with E-state index in [4.69, 9.17) is 0 Å². The van der Waals surface area contributed by atoms with E-state index < -0.39 is 10.8 Å². The largest absolute Gasteiger partial charge is 0.316 e. The van der Waals surface area contributed by atoms with Crippen LogP contribution in [0.5, 0.6) is 0 Å². The van der Waals surface area contributed by atoms with Gasteiger partial charge < -0.3 is 5.32 Å². The van der Waals surface area contributed by atoms with Gasteiger partial charge in [0.1, 0.15) is 0 Å². The lowest BCUT2D eigenvalue weighted by atomic mass is 10.1. The van der Waals surface area contributed by atoms with Gasteiger partial charge in [0.25, 0.3) is 0 Å². The summed E-state index contributed by atoms with van der Waals surface area (Å²) in [5.41, 5.74) is 1.41. The van der Waals surface area contributed by atoms with Gasteiger partial charge >= 0.3 is 0 Å². The average Bonchev–Trinajstić information content (AvgIpc) is 2.34. The minimum Gasteiger partial charge on any atom is -0.316 e. The first-order valence-electron chi connectivity index (χ1n) is 6.27. The van der Waals surface area contributed by atoms with Crippen molar-refractivity contribution in [2.24, 2.45) is 0 Å². The summed E-state index contributed by atoms with van der Waals surface area (Å²) >= 11 is 0. The Balaban J connectivity index is 2.00. The Labute approximate surface area is 107 Å². The van der Waals surface area contributed by atoms with Crippen LogP contribution in [0.25, 0.3) is 0 Å². The fourth-order valence-electron chi connectivity index (χ4n) is 1.65. The van der Waals surface area contributed by atoms with Gasteiger partial charge in [-0.3, -0.25) is 4.21 Å². The van der Waals surface area contributed by atoms with Crippen LogP contribution in [-0.2, 0) is 17.2 Å². The fraction of sp³-hybridized carbons (Fsp3) is 0.571. The van der Waals surface area contributed by atoms with Crippen molar-refractivity contribution in [1.82, 2.24) is 5.32 Å². The first-order valence-corrected chi connectivity index (χ1v) is 7.89. The summed E-state index contributed by atoms with van der Waals surface area (Å²) in [6.45, 7) is 3.90. The third kappa shape index (κ3) is 6.59. The second-order valence-corrected chi connectivity index (χ2v) is 6.26. The van der Waals surface area contributed by atoms with Gasteiger partial charge in [-0.25, -0.2) is 0 Å². The molecule has 0 aliphatic heterocycles. The van der Waals surface area contributed by atoms with Crippen molar-refractivity contribution in [3.63, 3.8) is 0 Å². The summed E-state index contributed by atoms with van der Waals surface area (Å²) < 4.78 is 11.1. The Hall–Kier alpha value is -0.670. The van der Waals surface area contributed by atoms with E-state index in [1.165, 1.54) is 18.4 Å². The van der Waals surface area contributed by atoms with E-state index in [9.17, 15) is 4.21 Å². The SMILES string of the molecule is CC(CNCCCCc1ccccc1)S(C)=O. The molecule has 0 amide bonds. The molecule has 17 heavy (non-hydrogen) atoms. The van der Waals surface area contributed by atoms with E-state index in [1.54, 1.807) is 6.26 Å². The lowest BCUT2D eigenvalue weighted by Gasteiger charge is -2.09. The third-order valence-corrected chi connectivity index (χ3v) is 4.21. The Morgan fingerprint density at radius 2 is 1.94 bits per heavy atom. The highest BCUT2D eigenvalue weighted by Crippen LogP contribution is 2.03. The first kappa shape index (κ1) is 14.4. The molecule has 0 bridgehead atoms. The lowest BCUT2D eigenvalue weighted by molar-refractivity contribution is 0.611. The summed E-state index contributed by atoms with van der Waals surface area (Å²) in [5.74, 6) is 0. The van der Waals surface area contributed by atoms with E-state index >= 15 is 0 Å². The van der Waals surface area contributed by atoms with Crippen molar-refractivity contribution in [3.8, 4) is 0 Å². The minimum atomic E-state index is -0.710. The van der Waals surface area contributed by atoms with Gasteiger partial charge in [-0.15, -0.1) is 0 Å². The highest BCUT2D eigenvalue weighted by Gasteiger charge is 2.04. The summed E-state index contributed by atoms with van der Waals surface area (Å²) in [6, 6.07) is 10.6. The Morgan fingerprint density at radius 3 is 2.59 bits per heavy atom. The van der Waals surface area contributed by atoms with Crippen LogP contribution in [0.4, 0.5) is 0 Å². The van der Waals surface area contributed by atoms with Crippen LogP contribution in [-0.4, -0.2) is 28.8 Å². The fourth-order valence-corrected chi connectivity index (χ4v) is 2.00. The topological polar surface area (TPSA) is 29.1 Å². The van der Waals surface area contributed by atoms with Crippen LogP contribution < -0.4 is 5.32 Å². The monoisotopic (exact) mass is 253 g/mol. The Morgan fingerprint density at radius 1 is 1.24 bits per heavy atom. The highest BCUT2D eigenvalue weighted by atomic mass is 32.2.